The molecule has 0 saturated heterocycles. The van der Waals surface area contributed by atoms with Gasteiger partial charge in [0.2, 0.25) is 0 Å². The van der Waals surface area contributed by atoms with Crippen molar-refractivity contribution in [2.75, 3.05) is 5.32 Å². The number of nitrogens with one attached hydrogen (secondary N) is 1. The van der Waals surface area contributed by atoms with Crippen molar-refractivity contribution < 1.29 is 9.45 Å². The molecule has 0 amide bonds. The first kappa shape index (κ1) is 14.3. The fourth-order valence-electron chi connectivity index (χ4n) is 2.23. The van der Waals surface area contributed by atoms with E-state index < -0.39 is 4.92 Å². The lowest BCUT2D eigenvalue weighted by molar-refractivity contribution is -0.383. The van der Waals surface area contributed by atoms with Crippen LogP contribution in [0.5, 0.6) is 0 Å². The summed E-state index contributed by atoms with van der Waals surface area (Å²) in [7, 11) is 0. The minimum Gasteiger partial charge on any atom is -0.373 e. The molecule has 0 aliphatic heterocycles. The van der Waals surface area contributed by atoms with Gasteiger partial charge in [-0.15, -0.1) is 0 Å². The number of rotatable bonds is 4. The number of hydrogen-bond acceptors (Lipinski definition) is 5. The van der Waals surface area contributed by atoms with E-state index in [1.165, 1.54) is 6.07 Å². The normalized spacial score (nSPS) is 12.2. The Labute approximate surface area is 120 Å². The third kappa shape index (κ3) is 2.60. The number of halogens is 1. The smallest absolute Gasteiger partial charge is 0.310 e. The van der Waals surface area contributed by atoms with Crippen LogP contribution in [0.1, 0.15) is 30.0 Å². The van der Waals surface area contributed by atoms with Crippen LogP contribution < -0.4 is 5.32 Å². The van der Waals surface area contributed by atoms with E-state index >= 15 is 0 Å². The number of aromatic nitrogens is 1. The van der Waals surface area contributed by atoms with E-state index in [1.54, 1.807) is 19.1 Å². The van der Waals surface area contributed by atoms with Gasteiger partial charge in [0.15, 0.2) is 0 Å². The summed E-state index contributed by atoms with van der Waals surface area (Å²) in [6, 6.07) is 4.60. The Bertz CT molecular complexity index is 635. The Hall–Kier alpha value is -2.08. The molecule has 2 aromatic rings. The number of nitro groups is 1. The topological polar surface area (TPSA) is 81.2 Å². The molecule has 1 N–H and O–H groups in total. The zero-order chi connectivity index (χ0) is 14.9. The van der Waals surface area contributed by atoms with Crippen molar-refractivity contribution in [1.29, 1.82) is 0 Å². The Kier molecular flexibility index (Phi) is 3.94. The molecule has 0 radical (unpaired) electrons. The molecule has 0 saturated carbocycles. The quantitative estimate of drug-likeness (QED) is 0.680. The number of para-hydroxylation sites is 1. The minimum atomic E-state index is -0.495. The van der Waals surface area contributed by atoms with Gasteiger partial charge in [0, 0.05) is 5.56 Å². The average molecular weight is 296 g/mol. The molecule has 0 aliphatic carbocycles. The second kappa shape index (κ2) is 5.50. The van der Waals surface area contributed by atoms with E-state index in [9.17, 15) is 10.1 Å². The summed E-state index contributed by atoms with van der Waals surface area (Å²) in [5.74, 6) is 0.687. The van der Waals surface area contributed by atoms with Crippen molar-refractivity contribution in [3.63, 3.8) is 0 Å². The minimum absolute atomic E-state index is 0.103. The Morgan fingerprint density at radius 2 is 2.15 bits per heavy atom. The third-order valence-electron chi connectivity index (χ3n) is 3.06. The fraction of sp³-hybridized carbons (Fsp3) is 0.308. The maximum atomic E-state index is 11.1. The number of benzene rings is 1. The second-order valence-electron chi connectivity index (χ2n) is 4.50. The van der Waals surface area contributed by atoms with Crippen molar-refractivity contribution in [3.05, 3.63) is 50.4 Å². The van der Waals surface area contributed by atoms with Gasteiger partial charge in [-0.25, -0.2) is 0 Å². The Morgan fingerprint density at radius 1 is 1.45 bits per heavy atom. The van der Waals surface area contributed by atoms with E-state index in [0.717, 1.165) is 11.3 Å². The number of nitrogens with zero attached hydrogens (tertiary/aromatic N) is 2. The largest absolute Gasteiger partial charge is 0.373 e. The summed E-state index contributed by atoms with van der Waals surface area (Å²) in [6.07, 6.45) is 0. The van der Waals surface area contributed by atoms with E-state index in [1.807, 2.05) is 13.8 Å². The van der Waals surface area contributed by atoms with Gasteiger partial charge in [-0.1, -0.05) is 22.8 Å². The highest BCUT2D eigenvalue weighted by atomic mass is 35.5. The lowest BCUT2D eigenvalue weighted by atomic mass is 10.1. The first-order valence-corrected chi connectivity index (χ1v) is 6.41. The molecule has 0 aliphatic rings. The molecule has 6 nitrogen and oxygen atoms in total. The van der Waals surface area contributed by atoms with Crippen molar-refractivity contribution in [2.45, 2.75) is 26.8 Å². The van der Waals surface area contributed by atoms with Crippen molar-refractivity contribution in [2.24, 2.45) is 0 Å². The third-order valence-corrected chi connectivity index (χ3v) is 3.37. The zero-order valence-electron chi connectivity index (χ0n) is 11.3. The highest BCUT2D eigenvalue weighted by Crippen LogP contribution is 2.35. The van der Waals surface area contributed by atoms with Gasteiger partial charge in [0.05, 0.1) is 16.7 Å². The predicted octanol–water partition coefficient (Wildman–Crippen LogP) is 4.03. The number of hydrogen-bond donors (Lipinski definition) is 1. The summed E-state index contributed by atoms with van der Waals surface area (Å²) >= 11 is 5.88. The molecular formula is C13H14ClN3O3. The lowest BCUT2D eigenvalue weighted by Crippen LogP contribution is -2.10. The first-order chi connectivity index (χ1) is 9.41. The molecule has 7 heteroatoms. The SMILES string of the molecule is Cc1noc(C)c1C(C)Nc1cccc(Cl)c1[N+](=O)[O-]. The van der Waals surface area contributed by atoms with Crippen LogP contribution in [0.3, 0.4) is 0 Å². The van der Waals surface area contributed by atoms with Crippen molar-refractivity contribution >= 4 is 23.0 Å². The summed E-state index contributed by atoms with van der Waals surface area (Å²) in [4.78, 5) is 10.6. The fourth-order valence-corrected chi connectivity index (χ4v) is 2.47. The maximum absolute atomic E-state index is 11.1. The summed E-state index contributed by atoms with van der Waals surface area (Å²) in [6.45, 7) is 5.52. The van der Waals surface area contributed by atoms with Gasteiger partial charge in [0.25, 0.3) is 0 Å². The molecule has 0 fully saturated rings. The number of aryl methyl sites for hydroxylation is 2. The molecule has 1 heterocycles. The molecular weight excluding hydrogens is 282 g/mol. The van der Waals surface area contributed by atoms with E-state index in [-0.39, 0.29) is 16.8 Å². The van der Waals surface area contributed by atoms with Gasteiger partial charge < -0.3 is 9.84 Å². The van der Waals surface area contributed by atoms with Gasteiger partial charge >= 0.3 is 5.69 Å². The van der Waals surface area contributed by atoms with Crippen LogP contribution in [0.4, 0.5) is 11.4 Å². The molecule has 1 aromatic carbocycles. The van der Waals surface area contributed by atoms with E-state index in [4.69, 9.17) is 16.1 Å². The van der Waals surface area contributed by atoms with Crippen LogP contribution in [0.2, 0.25) is 5.02 Å². The second-order valence-corrected chi connectivity index (χ2v) is 4.90. The van der Waals surface area contributed by atoms with E-state index in [0.29, 0.717) is 11.4 Å². The number of nitro benzene ring substituents is 1. The monoisotopic (exact) mass is 295 g/mol. The van der Waals surface area contributed by atoms with Crippen LogP contribution in [0, 0.1) is 24.0 Å². The molecule has 106 valence electrons. The van der Waals surface area contributed by atoms with Crippen LogP contribution in [-0.2, 0) is 0 Å². The van der Waals surface area contributed by atoms with Crippen LogP contribution >= 0.6 is 11.6 Å². The highest BCUT2D eigenvalue weighted by molar-refractivity contribution is 6.33. The Balaban J connectivity index is 2.36. The predicted molar refractivity (Wildman–Crippen MR) is 76.1 cm³/mol. The highest BCUT2D eigenvalue weighted by Gasteiger charge is 2.22. The maximum Gasteiger partial charge on any atom is 0.310 e. The molecule has 1 unspecified atom stereocenters. The van der Waals surface area contributed by atoms with Gasteiger partial charge in [-0.2, -0.15) is 0 Å². The van der Waals surface area contributed by atoms with Gasteiger partial charge in [0.1, 0.15) is 16.5 Å². The molecule has 1 atom stereocenters. The van der Waals surface area contributed by atoms with Crippen molar-refractivity contribution in [1.82, 2.24) is 5.16 Å². The molecule has 20 heavy (non-hydrogen) atoms. The molecule has 0 bridgehead atoms. The van der Waals surface area contributed by atoms with Gasteiger partial charge in [-0.05, 0) is 32.9 Å². The van der Waals surface area contributed by atoms with Crippen LogP contribution in [-0.4, -0.2) is 10.1 Å². The summed E-state index contributed by atoms with van der Waals surface area (Å²) in [5, 5.41) is 18.2. The molecule has 2 rings (SSSR count). The molecule has 1 aromatic heterocycles. The average Bonchev–Trinajstić information content (AvgIpc) is 2.68. The first-order valence-electron chi connectivity index (χ1n) is 6.04. The van der Waals surface area contributed by atoms with E-state index in [2.05, 4.69) is 10.5 Å². The Morgan fingerprint density at radius 3 is 2.70 bits per heavy atom. The standard InChI is InChI=1S/C13H14ClN3O3/c1-7(12-8(2)16-20-9(12)3)15-11-6-4-5-10(14)13(11)17(18)19/h4-7,15H,1-3H3. The van der Waals surface area contributed by atoms with Gasteiger partial charge in [-0.3, -0.25) is 10.1 Å². The number of anilines is 1. The summed E-state index contributed by atoms with van der Waals surface area (Å²) < 4.78 is 5.11. The zero-order valence-corrected chi connectivity index (χ0v) is 12.1. The van der Waals surface area contributed by atoms with Crippen molar-refractivity contribution in [3.8, 4) is 0 Å². The van der Waals surface area contributed by atoms with Crippen LogP contribution in [0.15, 0.2) is 22.7 Å². The van der Waals surface area contributed by atoms with Crippen LogP contribution in [0.25, 0.3) is 0 Å². The molecule has 0 spiro atoms. The summed E-state index contributed by atoms with van der Waals surface area (Å²) in [5.41, 5.74) is 1.88. The lowest BCUT2D eigenvalue weighted by Gasteiger charge is -2.15.